The van der Waals surface area contributed by atoms with E-state index < -0.39 is 5.97 Å². The molecule has 0 amide bonds. The second-order valence-electron chi connectivity index (χ2n) is 5.01. The number of carbonyl (C=O) groups excluding carboxylic acids is 2. The topological polar surface area (TPSA) is 59.2 Å². The number of ketones is 1. The van der Waals surface area contributed by atoms with Gasteiger partial charge in [-0.05, 0) is 17.5 Å². The van der Waals surface area contributed by atoms with Crippen LogP contribution in [0.1, 0.15) is 46.2 Å². The molecule has 1 N–H and O–H groups in total. The number of aromatic nitrogens is 1. The van der Waals surface area contributed by atoms with Gasteiger partial charge in [-0.3, -0.25) is 4.79 Å². The Bertz CT molecular complexity index is 644. The Morgan fingerprint density at radius 3 is 2.43 bits per heavy atom. The summed E-state index contributed by atoms with van der Waals surface area (Å²) in [7, 11) is 0. The Morgan fingerprint density at radius 1 is 1.24 bits per heavy atom. The monoisotopic (exact) mass is 305 g/mol. The third-order valence-corrected chi connectivity index (χ3v) is 3.32. The molecule has 2 aromatic rings. The van der Waals surface area contributed by atoms with E-state index in [0.29, 0.717) is 16.5 Å². The molecule has 0 saturated carbocycles. The van der Waals surface area contributed by atoms with Crippen LogP contribution in [-0.2, 0) is 4.74 Å². The van der Waals surface area contributed by atoms with Crippen molar-refractivity contribution in [1.29, 1.82) is 0 Å². The van der Waals surface area contributed by atoms with Gasteiger partial charge in [-0.1, -0.05) is 49.7 Å². The molecule has 21 heavy (non-hydrogen) atoms. The number of aromatic amines is 1. The summed E-state index contributed by atoms with van der Waals surface area (Å²) in [5.41, 5.74) is 1.91. The van der Waals surface area contributed by atoms with Gasteiger partial charge in [0.25, 0.3) is 0 Å². The largest absolute Gasteiger partial charge is 0.453 e. The van der Waals surface area contributed by atoms with Crippen LogP contribution < -0.4 is 0 Å². The number of nitrogens with one attached hydrogen (secondary N) is 1. The van der Waals surface area contributed by atoms with Crippen molar-refractivity contribution in [3.63, 3.8) is 0 Å². The first-order valence-corrected chi connectivity index (χ1v) is 6.99. The van der Waals surface area contributed by atoms with Crippen LogP contribution in [0.25, 0.3) is 0 Å². The summed E-state index contributed by atoms with van der Waals surface area (Å²) < 4.78 is 4.96. The summed E-state index contributed by atoms with van der Waals surface area (Å²) >= 11 is 5.70. The fraction of sp³-hybridized carbons (Fsp3) is 0.250. The molecule has 1 aromatic heterocycles. The molecular weight excluding hydrogens is 290 g/mol. The lowest BCUT2D eigenvalue weighted by Crippen LogP contribution is -2.14. The lowest BCUT2D eigenvalue weighted by atomic mass is 10.0. The highest BCUT2D eigenvalue weighted by molar-refractivity contribution is 6.30. The molecule has 2 rings (SSSR count). The van der Waals surface area contributed by atoms with Gasteiger partial charge in [-0.25, -0.2) is 4.79 Å². The number of carbonyl (C=O) groups is 2. The number of H-pyrrole nitrogens is 1. The number of ether oxygens (including phenoxy) is 1. The minimum Gasteiger partial charge on any atom is -0.453 e. The predicted octanol–water partition coefficient (Wildman–Crippen LogP) is 3.83. The molecule has 1 heterocycles. The third-order valence-electron chi connectivity index (χ3n) is 3.10. The first-order valence-electron chi connectivity index (χ1n) is 6.61. The SMILES string of the molecule is CC(C)c1ccc(C(=O)COC(=O)c2cc(Cl)c[nH]2)cc1. The van der Waals surface area contributed by atoms with Crippen LogP contribution in [-0.4, -0.2) is 23.3 Å². The van der Waals surface area contributed by atoms with Crippen LogP contribution in [0.5, 0.6) is 0 Å². The van der Waals surface area contributed by atoms with Crippen molar-refractivity contribution in [2.24, 2.45) is 0 Å². The summed E-state index contributed by atoms with van der Waals surface area (Å²) in [5, 5.41) is 0.414. The van der Waals surface area contributed by atoms with Crippen molar-refractivity contribution in [3.05, 3.63) is 58.4 Å². The van der Waals surface area contributed by atoms with E-state index in [9.17, 15) is 9.59 Å². The Labute approximate surface area is 128 Å². The molecule has 0 spiro atoms. The number of esters is 1. The number of hydrogen-bond acceptors (Lipinski definition) is 3. The second kappa shape index (κ2) is 6.59. The highest BCUT2D eigenvalue weighted by atomic mass is 35.5. The molecule has 0 unspecified atom stereocenters. The second-order valence-corrected chi connectivity index (χ2v) is 5.44. The molecule has 0 aliphatic heterocycles. The lowest BCUT2D eigenvalue weighted by Gasteiger charge is -2.07. The third kappa shape index (κ3) is 3.95. The van der Waals surface area contributed by atoms with Crippen LogP contribution in [0.4, 0.5) is 0 Å². The molecule has 0 bridgehead atoms. The quantitative estimate of drug-likeness (QED) is 0.674. The van der Waals surface area contributed by atoms with E-state index in [2.05, 4.69) is 18.8 Å². The zero-order valence-corrected chi connectivity index (χ0v) is 12.6. The van der Waals surface area contributed by atoms with E-state index in [4.69, 9.17) is 16.3 Å². The average Bonchev–Trinajstić information content (AvgIpc) is 2.91. The number of rotatable bonds is 5. The number of hydrogen-bond donors (Lipinski definition) is 1. The summed E-state index contributed by atoms with van der Waals surface area (Å²) in [4.78, 5) is 26.3. The van der Waals surface area contributed by atoms with Gasteiger partial charge >= 0.3 is 5.97 Å². The number of benzene rings is 1. The Morgan fingerprint density at radius 2 is 1.90 bits per heavy atom. The van der Waals surface area contributed by atoms with Crippen LogP contribution in [0.15, 0.2) is 36.5 Å². The van der Waals surface area contributed by atoms with Crippen LogP contribution in [0.3, 0.4) is 0 Å². The zero-order chi connectivity index (χ0) is 15.4. The molecule has 0 aliphatic rings. The molecule has 0 aliphatic carbocycles. The van der Waals surface area contributed by atoms with E-state index in [1.165, 1.54) is 12.3 Å². The molecule has 5 heteroatoms. The van der Waals surface area contributed by atoms with Gasteiger partial charge in [0, 0.05) is 11.8 Å². The van der Waals surface area contributed by atoms with Gasteiger partial charge in [-0.15, -0.1) is 0 Å². The summed E-state index contributed by atoms with van der Waals surface area (Å²) in [6.45, 7) is 3.87. The van der Waals surface area contributed by atoms with E-state index in [1.54, 1.807) is 12.1 Å². The van der Waals surface area contributed by atoms with E-state index in [0.717, 1.165) is 5.56 Å². The van der Waals surface area contributed by atoms with Gasteiger partial charge in [0.1, 0.15) is 5.69 Å². The lowest BCUT2D eigenvalue weighted by molar-refractivity contribution is 0.0469. The molecular formula is C16H16ClNO3. The Kier molecular flexibility index (Phi) is 4.81. The maximum atomic E-state index is 12.0. The predicted molar refractivity (Wildman–Crippen MR) is 80.9 cm³/mol. The van der Waals surface area contributed by atoms with Crippen molar-refractivity contribution in [3.8, 4) is 0 Å². The molecule has 0 saturated heterocycles. The highest BCUT2D eigenvalue weighted by Crippen LogP contribution is 2.15. The van der Waals surface area contributed by atoms with Gasteiger partial charge in [-0.2, -0.15) is 0 Å². The summed E-state index contributed by atoms with van der Waals surface area (Å²) in [6, 6.07) is 8.76. The minimum absolute atomic E-state index is 0.225. The molecule has 0 fully saturated rings. The molecule has 1 aromatic carbocycles. The van der Waals surface area contributed by atoms with E-state index >= 15 is 0 Å². The van der Waals surface area contributed by atoms with Gasteiger partial charge in [0.15, 0.2) is 12.4 Å². The van der Waals surface area contributed by atoms with E-state index in [-0.39, 0.29) is 18.1 Å². The summed E-state index contributed by atoms with van der Waals surface area (Å²) in [5.74, 6) is -0.435. The smallest absolute Gasteiger partial charge is 0.355 e. The van der Waals surface area contributed by atoms with E-state index in [1.807, 2.05) is 12.1 Å². The highest BCUT2D eigenvalue weighted by Gasteiger charge is 2.13. The Balaban J connectivity index is 1.94. The van der Waals surface area contributed by atoms with Crippen molar-refractivity contribution in [1.82, 2.24) is 4.98 Å². The van der Waals surface area contributed by atoms with Crippen molar-refractivity contribution >= 4 is 23.4 Å². The maximum absolute atomic E-state index is 12.0. The van der Waals surface area contributed by atoms with Gasteiger partial charge < -0.3 is 9.72 Å². The fourth-order valence-corrected chi connectivity index (χ4v) is 2.00. The summed E-state index contributed by atoms with van der Waals surface area (Å²) in [6.07, 6.45) is 1.48. The first kappa shape index (κ1) is 15.3. The molecule has 0 radical (unpaired) electrons. The maximum Gasteiger partial charge on any atom is 0.355 e. The van der Waals surface area contributed by atoms with Crippen LogP contribution in [0.2, 0.25) is 5.02 Å². The van der Waals surface area contributed by atoms with Crippen molar-refractivity contribution in [2.45, 2.75) is 19.8 Å². The number of Topliss-reactive ketones (excluding diaryl/α,β-unsaturated/α-hetero) is 1. The zero-order valence-electron chi connectivity index (χ0n) is 11.9. The normalized spacial score (nSPS) is 10.7. The Hall–Kier alpha value is -2.07. The fourth-order valence-electron chi connectivity index (χ4n) is 1.83. The molecule has 0 atom stereocenters. The minimum atomic E-state index is -0.603. The average molecular weight is 306 g/mol. The van der Waals surface area contributed by atoms with Gasteiger partial charge in [0.05, 0.1) is 5.02 Å². The first-order chi connectivity index (χ1) is 9.97. The number of halogens is 1. The molecule has 110 valence electrons. The molecule has 4 nitrogen and oxygen atoms in total. The van der Waals surface area contributed by atoms with Crippen molar-refractivity contribution < 1.29 is 14.3 Å². The van der Waals surface area contributed by atoms with Crippen molar-refractivity contribution in [2.75, 3.05) is 6.61 Å². The van der Waals surface area contributed by atoms with Gasteiger partial charge in [0.2, 0.25) is 0 Å². The standard InChI is InChI=1S/C16H16ClNO3/c1-10(2)11-3-5-12(6-4-11)15(19)9-21-16(20)14-7-13(17)8-18-14/h3-8,10,18H,9H2,1-2H3. The van der Waals surface area contributed by atoms with Crippen LogP contribution >= 0.6 is 11.6 Å². The van der Waals surface area contributed by atoms with Crippen LogP contribution in [0, 0.1) is 0 Å².